The molecule has 7 heteroatoms. The molecule has 134 valence electrons. The van der Waals surface area contributed by atoms with Crippen molar-refractivity contribution in [3.63, 3.8) is 0 Å². The lowest BCUT2D eigenvalue weighted by molar-refractivity contribution is 0.0449. The fourth-order valence-corrected chi connectivity index (χ4v) is 3.22. The van der Waals surface area contributed by atoms with Gasteiger partial charge in [-0.2, -0.15) is 0 Å². The molecule has 0 atom stereocenters. The Morgan fingerprint density at radius 2 is 1.80 bits per heavy atom. The summed E-state index contributed by atoms with van der Waals surface area (Å²) in [5.41, 5.74) is 0.864. The molecule has 0 amide bonds. The molecule has 25 heavy (non-hydrogen) atoms. The molecule has 2 rings (SSSR count). The number of benzene rings is 2. The largest absolute Gasteiger partial charge is 0.490 e. The molecule has 0 aliphatic heterocycles. The molecule has 6 nitrogen and oxygen atoms in total. The topological polar surface area (TPSA) is 81.7 Å². The second-order valence-corrected chi connectivity index (χ2v) is 7.04. The molecule has 0 unspecified atom stereocenters. The van der Waals surface area contributed by atoms with Gasteiger partial charge >= 0.3 is 5.97 Å². The fraction of sp³-hybridized carbons (Fsp3) is 0.278. The predicted molar refractivity (Wildman–Crippen MR) is 94.3 cm³/mol. The van der Waals surface area contributed by atoms with Gasteiger partial charge in [0.1, 0.15) is 19.0 Å². The van der Waals surface area contributed by atoms with Gasteiger partial charge in [-0.25, -0.2) is 17.9 Å². The Kier molecular flexibility index (Phi) is 6.55. The fourth-order valence-electron chi connectivity index (χ4n) is 2.15. The number of rotatable bonds is 8. The molecule has 0 aromatic heterocycles. The average molecular weight is 363 g/mol. The maximum Gasteiger partial charge on any atom is 0.338 e. The zero-order valence-electron chi connectivity index (χ0n) is 14.2. The number of esters is 1. The van der Waals surface area contributed by atoms with Crippen LogP contribution in [0, 0.1) is 6.92 Å². The normalized spacial score (nSPS) is 11.1. The summed E-state index contributed by atoms with van der Waals surface area (Å²) in [6.07, 6.45) is 0. The van der Waals surface area contributed by atoms with Crippen LogP contribution in [0.15, 0.2) is 53.4 Å². The number of nitrogens with one attached hydrogen (secondary N) is 1. The summed E-state index contributed by atoms with van der Waals surface area (Å²) in [5, 5.41) is 0. The van der Waals surface area contributed by atoms with Crippen molar-refractivity contribution in [1.29, 1.82) is 0 Å². The number of sulfonamides is 1. The van der Waals surface area contributed by atoms with Crippen LogP contribution < -0.4 is 9.46 Å². The average Bonchev–Trinajstić information content (AvgIpc) is 2.59. The van der Waals surface area contributed by atoms with E-state index in [0.29, 0.717) is 11.3 Å². The van der Waals surface area contributed by atoms with Crippen LogP contribution in [0.3, 0.4) is 0 Å². The van der Waals surface area contributed by atoms with E-state index in [0.717, 1.165) is 0 Å². The monoisotopic (exact) mass is 363 g/mol. The Morgan fingerprint density at radius 3 is 2.48 bits per heavy atom. The van der Waals surface area contributed by atoms with Gasteiger partial charge in [-0.1, -0.05) is 31.2 Å². The van der Waals surface area contributed by atoms with E-state index in [4.69, 9.17) is 9.47 Å². The first kappa shape index (κ1) is 19.0. The third-order valence-corrected chi connectivity index (χ3v) is 4.95. The van der Waals surface area contributed by atoms with Gasteiger partial charge in [-0.05, 0) is 36.8 Å². The van der Waals surface area contributed by atoms with Crippen LogP contribution in [-0.4, -0.2) is 34.1 Å². The summed E-state index contributed by atoms with van der Waals surface area (Å²) in [6.45, 7) is 3.96. The summed E-state index contributed by atoms with van der Waals surface area (Å²) in [7, 11) is -3.63. The number of ether oxygens (including phenoxy) is 2. The minimum absolute atomic E-state index is 0.0347. The number of aryl methyl sites for hydroxylation is 1. The third kappa shape index (κ3) is 5.30. The summed E-state index contributed by atoms with van der Waals surface area (Å²) in [6, 6.07) is 13.6. The van der Waals surface area contributed by atoms with E-state index in [1.54, 1.807) is 32.0 Å². The second-order valence-electron chi connectivity index (χ2n) is 5.28. The number of hydrogen-bond acceptors (Lipinski definition) is 5. The summed E-state index contributed by atoms with van der Waals surface area (Å²) in [5.74, 6) is 0.108. The Hall–Kier alpha value is -2.38. The van der Waals surface area contributed by atoms with E-state index < -0.39 is 16.0 Å². The third-order valence-electron chi connectivity index (χ3n) is 3.40. The maximum atomic E-state index is 12.2. The standard InChI is InChI=1S/C18H21NO5S/c1-3-19-25(21,22)16-10-9-14(2)17(13-16)18(20)24-12-11-23-15-7-5-4-6-8-15/h4-10,13,19H,3,11-12H2,1-2H3. The van der Waals surface area contributed by atoms with Crippen molar-refractivity contribution in [2.75, 3.05) is 19.8 Å². The Bertz CT molecular complexity index is 819. The first-order chi connectivity index (χ1) is 11.9. The molecule has 0 aliphatic rings. The van der Waals surface area contributed by atoms with Crippen LogP contribution in [0.4, 0.5) is 0 Å². The molecular weight excluding hydrogens is 342 g/mol. The van der Waals surface area contributed by atoms with Gasteiger partial charge in [-0.15, -0.1) is 0 Å². The Morgan fingerprint density at radius 1 is 1.08 bits per heavy atom. The van der Waals surface area contributed by atoms with Crippen LogP contribution in [0.25, 0.3) is 0 Å². The van der Waals surface area contributed by atoms with Crippen molar-refractivity contribution >= 4 is 16.0 Å². The summed E-state index contributed by atoms with van der Waals surface area (Å²) < 4.78 is 37.1. The zero-order valence-corrected chi connectivity index (χ0v) is 15.0. The van der Waals surface area contributed by atoms with E-state index in [-0.39, 0.29) is 30.2 Å². The van der Waals surface area contributed by atoms with E-state index in [1.165, 1.54) is 12.1 Å². The molecule has 0 saturated heterocycles. The van der Waals surface area contributed by atoms with Crippen LogP contribution >= 0.6 is 0 Å². The number of hydrogen-bond donors (Lipinski definition) is 1. The quantitative estimate of drug-likeness (QED) is 0.576. The predicted octanol–water partition coefficient (Wildman–Crippen LogP) is 2.53. The van der Waals surface area contributed by atoms with Crippen molar-refractivity contribution in [2.45, 2.75) is 18.7 Å². The van der Waals surface area contributed by atoms with Gasteiger partial charge in [0.15, 0.2) is 0 Å². The van der Waals surface area contributed by atoms with Crippen molar-refractivity contribution < 1.29 is 22.7 Å². The molecule has 0 fully saturated rings. The van der Waals surface area contributed by atoms with Gasteiger partial charge in [0, 0.05) is 6.54 Å². The molecule has 1 N–H and O–H groups in total. The van der Waals surface area contributed by atoms with Crippen LogP contribution in [-0.2, 0) is 14.8 Å². The highest BCUT2D eigenvalue weighted by Crippen LogP contribution is 2.17. The van der Waals surface area contributed by atoms with Gasteiger partial charge in [-0.3, -0.25) is 0 Å². The lowest BCUT2D eigenvalue weighted by Crippen LogP contribution is -2.23. The minimum Gasteiger partial charge on any atom is -0.490 e. The number of para-hydroxylation sites is 1. The molecule has 0 bridgehead atoms. The first-order valence-electron chi connectivity index (χ1n) is 7.89. The van der Waals surface area contributed by atoms with Gasteiger partial charge in [0.05, 0.1) is 10.5 Å². The van der Waals surface area contributed by atoms with E-state index in [9.17, 15) is 13.2 Å². The van der Waals surface area contributed by atoms with E-state index >= 15 is 0 Å². The second kappa shape index (κ2) is 8.64. The summed E-state index contributed by atoms with van der Waals surface area (Å²) >= 11 is 0. The SMILES string of the molecule is CCNS(=O)(=O)c1ccc(C)c(C(=O)OCCOc2ccccc2)c1. The van der Waals surface area contributed by atoms with Crippen LogP contribution in [0.5, 0.6) is 5.75 Å². The van der Waals surface area contributed by atoms with E-state index in [1.807, 2.05) is 18.2 Å². The lowest BCUT2D eigenvalue weighted by Gasteiger charge is -2.11. The molecular formula is C18H21NO5S. The molecule has 0 radical (unpaired) electrons. The van der Waals surface area contributed by atoms with Crippen LogP contribution in [0.1, 0.15) is 22.8 Å². The van der Waals surface area contributed by atoms with Crippen molar-refractivity contribution in [2.24, 2.45) is 0 Å². The highest BCUT2D eigenvalue weighted by atomic mass is 32.2. The van der Waals surface area contributed by atoms with Gasteiger partial charge < -0.3 is 9.47 Å². The molecule has 0 spiro atoms. The maximum absolute atomic E-state index is 12.2. The number of carbonyl (C=O) groups is 1. The molecule has 0 heterocycles. The highest BCUT2D eigenvalue weighted by molar-refractivity contribution is 7.89. The van der Waals surface area contributed by atoms with Crippen LogP contribution in [0.2, 0.25) is 0 Å². The molecule has 2 aromatic carbocycles. The molecule has 2 aromatic rings. The minimum atomic E-state index is -3.63. The molecule has 0 saturated carbocycles. The zero-order chi connectivity index (χ0) is 18.3. The number of carbonyl (C=O) groups excluding carboxylic acids is 1. The Labute approximate surface area is 147 Å². The Balaban J connectivity index is 1.99. The van der Waals surface area contributed by atoms with Gasteiger partial charge in [0.25, 0.3) is 0 Å². The van der Waals surface area contributed by atoms with Crippen molar-refractivity contribution in [1.82, 2.24) is 4.72 Å². The molecule has 0 aliphatic carbocycles. The first-order valence-corrected chi connectivity index (χ1v) is 9.37. The van der Waals surface area contributed by atoms with E-state index in [2.05, 4.69) is 4.72 Å². The highest BCUT2D eigenvalue weighted by Gasteiger charge is 2.18. The summed E-state index contributed by atoms with van der Waals surface area (Å²) in [4.78, 5) is 12.3. The van der Waals surface area contributed by atoms with Crippen molar-refractivity contribution in [3.05, 3.63) is 59.7 Å². The van der Waals surface area contributed by atoms with Gasteiger partial charge in [0.2, 0.25) is 10.0 Å². The smallest absolute Gasteiger partial charge is 0.338 e. The van der Waals surface area contributed by atoms with Crippen molar-refractivity contribution in [3.8, 4) is 5.75 Å². The lowest BCUT2D eigenvalue weighted by atomic mass is 10.1.